The summed E-state index contributed by atoms with van der Waals surface area (Å²) in [6.07, 6.45) is 5.17. The van der Waals surface area contributed by atoms with E-state index in [1.54, 1.807) is 37.7 Å². The molecule has 30 heavy (non-hydrogen) atoms. The summed E-state index contributed by atoms with van der Waals surface area (Å²) < 4.78 is 34.7. The molecule has 9 heteroatoms. The normalized spacial score (nSPS) is 18.4. The van der Waals surface area contributed by atoms with Crippen LogP contribution >= 0.6 is 0 Å². The van der Waals surface area contributed by atoms with Crippen LogP contribution in [-0.4, -0.2) is 62.2 Å². The van der Waals surface area contributed by atoms with Crippen molar-refractivity contribution in [3.63, 3.8) is 0 Å². The Kier molecular flexibility index (Phi) is 8.17. The third kappa shape index (κ3) is 6.23. The number of nitrogens with zero attached hydrogens (tertiary/aromatic N) is 2. The SMILES string of the molecule is COCC1CCCN1S(=O)(=O)Nc1ccc(CCNC[C@@H](O)c2cccnc2)cc1. The maximum absolute atomic E-state index is 12.7. The highest BCUT2D eigenvalue weighted by Gasteiger charge is 2.34. The first-order valence-corrected chi connectivity index (χ1v) is 11.6. The molecular weight excluding hydrogens is 404 g/mol. The molecule has 8 nitrogen and oxygen atoms in total. The van der Waals surface area contributed by atoms with Crippen LogP contribution in [0.5, 0.6) is 0 Å². The van der Waals surface area contributed by atoms with E-state index in [9.17, 15) is 13.5 Å². The van der Waals surface area contributed by atoms with Crippen LogP contribution in [0.4, 0.5) is 5.69 Å². The van der Waals surface area contributed by atoms with Crippen LogP contribution in [0.3, 0.4) is 0 Å². The van der Waals surface area contributed by atoms with E-state index >= 15 is 0 Å². The van der Waals surface area contributed by atoms with Gasteiger partial charge in [0.2, 0.25) is 0 Å². The summed E-state index contributed by atoms with van der Waals surface area (Å²) in [5, 5.41) is 13.4. The molecular formula is C21H30N4O4S. The molecule has 3 rings (SSSR count). The average Bonchev–Trinajstić information content (AvgIpc) is 3.22. The van der Waals surface area contributed by atoms with Gasteiger partial charge in [0.25, 0.3) is 0 Å². The highest BCUT2D eigenvalue weighted by Crippen LogP contribution is 2.23. The quantitative estimate of drug-likeness (QED) is 0.465. The predicted octanol–water partition coefficient (Wildman–Crippen LogP) is 1.71. The largest absolute Gasteiger partial charge is 0.387 e. The van der Waals surface area contributed by atoms with Crippen molar-refractivity contribution in [2.75, 3.05) is 38.1 Å². The first kappa shape index (κ1) is 22.6. The Hall–Kier alpha value is -2.04. The fraction of sp³-hybridized carbons (Fsp3) is 0.476. The van der Waals surface area contributed by atoms with E-state index in [-0.39, 0.29) is 6.04 Å². The zero-order valence-corrected chi connectivity index (χ0v) is 18.0. The standard InChI is InChI=1S/C21H30N4O4S/c1-29-16-20-5-3-13-25(20)30(27,28)24-19-8-6-17(7-9-19)10-12-23-15-21(26)18-4-2-11-22-14-18/h2,4,6-9,11,14,20-21,23-24,26H,3,5,10,12-13,15-16H2,1H3/t20?,21-/m1/s1. The van der Waals surface area contributed by atoms with Gasteiger partial charge >= 0.3 is 10.2 Å². The molecule has 0 amide bonds. The Labute approximate surface area is 178 Å². The zero-order chi connectivity index (χ0) is 21.4. The van der Waals surface area contributed by atoms with Crippen LogP contribution in [0.1, 0.15) is 30.1 Å². The Morgan fingerprint density at radius 3 is 2.80 bits per heavy atom. The summed E-state index contributed by atoms with van der Waals surface area (Å²) in [5.74, 6) is 0. The minimum absolute atomic E-state index is 0.111. The number of anilines is 1. The van der Waals surface area contributed by atoms with Gasteiger partial charge in [0.15, 0.2) is 0 Å². The Bertz CT molecular complexity index is 878. The number of ether oxygens (including phenoxy) is 1. The molecule has 1 aliphatic heterocycles. The van der Waals surface area contributed by atoms with E-state index in [1.807, 2.05) is 18.2 Å². The minimum atomic E-state index is -3.60. The van der Waals surface area contributed by atoms with E-state index in [0.717, 1.165) is 30.4 Å². The second-order valence-electron chi connectivity index (χ2n) is 7.42. The van der Waals surface area contributed by atoms with E-state index in [1.165, 1.54) is 4.31 Å². The van der Waals surface area contributed by atoms with E-state index in [0.29, 0.717) is 31.9 Å². The number of methoxy groups -OCH3 is 1. The van der Waals surface area contributed by atoms with Crippen molar-refractivity contribution in [2.45, 2.75) is 31.4 Å². The van der Waals surface area contributed by atoms with Crippen LogP contribution in [0.15, 0.2) is 48.8 Å². The maximum atomic E-state index is 12.7. The smallest absolute Gasteiger partial charge is 0.301 e. The number of aliphatic hydroxyl groups is 1. The fourth-order valence-electron chi connectivity index (χ4n) is 3.59. The van der Waals surface area contributed by atoms with Gasteiger partial charge < -0.3 is 15.2 Å². The van der Waals surface area contributed by atoms with Gasteiger partial charge in [-0.2, -0.15) is 12.7 Å². The van der Waals surface area contributed by atoms with E-state index in [2.05, 4.69) is 15.0 Å². The molecule has 2 aromatic rings. The fourth-order valence-corrected chi connectivity index (χ4v) is 5.07. The lowest BCUT2D eigenvalue weighted by molar-refractivity contribution is 0.149. The number of rotatable bonds is 11. The van der Waals surface area contributed by atoms with Crippen LogP contribution in [-0.2, 0) is 21.4 Å². The number of hydrogen-bond donors (Lipinski definition) is 3. The summed E-state index contributed by atoms with van der Waals surface area (Å²) in [6.45, 7) is 2.07. The second kappa shape index (κ2) is 10.8. The van der Waals surface area contributed by atoms with Gasteiger partial charge in [0.05, 0.1) is 12.7 Å². The summed E-state index contributed by atoms with van der Waals surface area (Å²) in [4.78, 5) is 4.01. The molecule has 1 unspecified atom stereocenters. The molecule has 2 heterocycles. The van der Waals surface area contributed by atoms with Crippen molar-refractivity contribution in [3.05, 3.63) is 59.9 Å². The number of pyridine rings is 1. The van der Waals surface area contributed by atoms with Crippen molar-refractivity contribution in [3.8, 4) is 0 Å². The molecule has 0 saturated carbocycles. The molecule has 0 radical (unpaired) electrons. The summed E-state index contributed by atoms with van der Waals surface area (Å²) in [7, 11) is -2.01. The molecule has 2 atom stereocenters. The first-order valence-electron chi connectivity index (χ1n) is 10.2. The number of hydrogen-bond acceptors (Lipinski definition) is 6. The minimum Gasteiger partial charge on any atom is -0.387 e. The van der Waals surface area contributed by atoms with Crippen LogP contribution < -0.4 is 10.0 Å². The van der Waals surface area contributed by atoms with E-state index in [4.69, 9.17) is 4.74 Å². The van der Waals surface area contributed by atoms with Gasteiger partial charge in [-0.25, -0.2) is 0 Å². The topological polar surface area (TPSA) is 104 Å². The first-order chi connectivity index (χ1) is 14.5. The molecule has 0 aliphatic carbocycles. The number of nitrogens with one attached hydrogen (secondary N) is 2. The highest BCUT2D eigenvalue weighted by atomic mass is 32.2. The molecule has 1 saturated heterocycles. The van der Waals surface area contributed by atoms with Crippen LogP contribution in [0.2, 0.25) is 0 Å². The Balaban J connectivity index is 1.45. The third-order valence-corrected chi connectivity index (χ3v) is 6.78. The maximum Gasteiger partial charge on any atom is 0.301 e. The molecule has 1 fully saturated rings. The zero-order valence-electron chi connectivity index (χ0n) is 17.2. The monoisotopic (exact) mass is 434 g/mol. The van der Waals surface area contributed by atoms with Crippen molar-refractivity contribution >= 4 is 15.9 Å². The number of aromatic nitrogens is 1. The molecule has 1 aliphatic rings. The highest BCUT2D eigenvalue weighted by molar-refractivity contribution is 7.90. The van der Waals surface area contributed by atoms with Gasteiger partial charge in [0, 0.05) is 49.9 Å². The van der Waals surface area contributed by atoms with Gasteiger partial charge in [-0.15, -0.1) is 0 Å². The van der Waals surface area contributed by atoms with Crippen molar-refractivity contribution in [1.82, 2.24) is 14.6 Å². The van der Waals surface area contributed by atoms with Gasteiger partial charge in [-0.05, 0) is 49.6 Å². The molecule has 164 valence electrons. The van der Waals surface area contributed by atoms with Crippen molar-refractivity contribution in [2.24, 2.45) is 0 Å². The summed E-state index contributed by atoms with van der Waals surface area (Å²) >= 11 is 0. The lowest BCUT2D eigenvalue weighted by atomic mass is 10.1. The predicted molar refractivity (Wildman–Crippen MR) is 116 cm³/mol. The summed E-state index contributed by atoms with van der Waals surface area (Å²) in [6, 6.07) is 10.9. The van der Waals surface area contributed by atoms with Gasteiger partial charge in [-0.1, -0.05) is 18.2 Å². The van der Waals surface area contributed by atoms with Gasteiger partial charge in [0.1, 0.15) is 0 Å². The summed E-state index contributed by atoms with van der Waals surface area (Å²) in [5.41, 5.74) is 2.41. The van der Waals surface area contributed by atoms with Crippen molar-refractivity contribution < 1.29 is 18.3 Å². The molecule has 0 bridgehead atoms. The average molecular weight is 435 g/mol. The number of benzene rings is 1. The number of aliphatic hydroxyl groups excluding tert-OH is 1. The van der Waals surface area contributed by atoms with E-state index < -0.39 is 16.3 Å². The van der Waals surface area contributed by atoms with Gasteiger partial charge in [-0.3, -0.25) is 9.71 Å². The molecule has 1 aromatic heterocycles. The lowest BCUT2D eigenvalue weighted by Crippen LogP contribution is -2.41. The lowest BCUT2D eigenvalue weighted by Gasteiger charge is -2.24. The Morgan fingerprint density at radius 1 is 1.30 bits per heavy atom. The molecule has 3 N–H and O–H groups in total. The second-order valence-corrected chi connectivity index (χ2v) is 9.05. The van der Waals surface area contributed by atoms with Crippen molar-refractivity contribution in [1.29, 1.82) is 0 Å². The molecule has 1 aromatic carbocycles. The molecule has 0 spiro atoms. The Morgan fingerprint density at radius 2 is 2.10 bits per heavy atom. The van der Waals surface area contributed by atoms with Crippen LogP contribution in [0.25, 0.3) is 0 Å². The van der Waals surface area contributed by atoms with Crippen LogP contribution in [0, 0.1) is 0 Å². The third-order valence-electron chi connectivity index (χ3n) is 5.19.